The summed E-state index contributed by atoms with van der Waals surface area (Å²) in [6, 6.07) is 7.97. The molecule has 2 rings (SSSR count). The molecule has 2 N–H and O–H groups in total. The van der Waals surface area contributed by atoms with Gasteiger partial charge in [-0.2, -0.15) is 5.10 Å². The van der Waals surface area contributed by atoms with Crippen molar-refractivity contribution in [3.63, 3.8) is 0 Å². The van der Waals surface area contributed by atoms with E-state index in [9.17, 15) is 4.79 Å². The van der Waals surface area contributed by atoms with E-state index in [1.165, 1.54) is 6.33 Å². The highest BCUT2D eigenvalue weighted by molar-refractivity contribution is 5.85. The smallest absolute Gasteiger partial charge is 0.234 e. The molecule has 1 amide bonds. The van der Waals surface area contributed by atoms with E-state index in [0.717, 1.165) is 11.1 Å². The molecule has 0 saturated heterocycles. The minimum atomic E-state index is -0.0355. The predicted molar refractivity (Wildman–Crippen MR) is 96.7 cm³/mol. The maximum atomic E-state index is 11.8. The lowest BCUT2D eigenvalue weighted by Crippen LogP contribution is -2.35. The Hall–Kier alpha value is -1.67. The summed E-state index contributed by atoms with van der Waals surface area (Å²) in [6.07, 6.45) is 3.19. The number of amides is 1. The summed E-state index contributed by atoms with van der Waals surface area (Å²) in [4.78, 5) is 15.7. The first-order chi connectivity index (χ1) is 10.8. The van der Waals surface area contributed by atoms with Gasteiger partial charge in [-0.1, -0.05) is 24.3 Å². The van der Waals surface area contributed by atoms with Crippen molar-refractivity contribution in [2.45, 2.75) is 13.1 Å². The zero-order valence-electron chi connectivity index (χ0n) is 13.5. The second-order valence-corrected chi connectivity index (χ2v) is 4.81. The van der Waals surface area contributed by atoms with E-state index in [1.807, 2.05) is 24.3 Å². The van der Waals surface area contributed by atoms with Crippen molar-refractivity contribution in [3.05, 3.63) is 48.0 Å². The number of rotatable bonds is 9. The van der Waals surface area contributed by atoms with Crippen LogP contribution in [0.4, 0.5) is 0 Å². The zero-order chi connectivity index (χ0) is 15.6. The van der Waals surface area contributed by atoms with Crippen molar-refractivity contribution < 1.29 is 9.53 Å². The van der Waals surface area contributed by atoms with Crippen LogP contribution in [0.2, 0.25) is 0 Å². The molecular formula is C15H23Cl2N5O2. The van der Waals surface area contributed by atoms with E-state index in [-0.39, 0.29) is 37.3 Å². The van der Waals surface area contributed by atoms with Crippen LogP contribution in [-0.2, 0) is 22.6 Å². The molecule has 1 aromatic heterocycles. The van der Waals surface area contributed by atoms with E-state index in [1.54, 1.807) is 18.1 Å². The number of carbonyl (C=O) groups is 1. The summed E-state index contributed by atoms with van der Waals surface area (Å²) in [5.41, 5.74) is 2.18. The molecule has 24 heavy (non-hydrogen) atoms. The molecule has 0 spiro atoms. The molecule has 134 valence electrons. The van der Waals surface area contributed by atoms with Gasteiger partial charge in [0, 0.05) is 20.2 Å². The van der Waals surface area contributed by atoms with Crippen molar-refractivity contribution in [2.75, 3.05) is 26.8 Å². The van der Waals surface area contributed by atoms with Crippen molar-refractivity contribution in [3.8, 4) is 0 Å². The van der Waals surface area contributed by atoms with Crippen LogP contribution in [0.5, 0.6) is 0 Å². The summed E-state index contributed by atoms with van der Waals surface area (Å²) >= 11 is 0. The molecule has 0 aliphatic rings. The van der Waals surface area contributed by atoms with Crippen molar-refractivity contribution >= 4 is 30.7 Å². The van der Waals surface area contributed by atoms with E-state index < -0.39 is 0 Å². The molecule has 2 aromatic rings. The Balaban J connectivity index is 0.00000264. The lowest BCUT2D eigenvalue weighted by Gasteiger charge is -2.11. The van der Waals surface area contributed by atoms with Crippen LogP contribution in [0, 0.1) is 0 Å². The molecule has 1 heterocycles. The lowest BCUT2D eigenvalue weighted by atomic mass is 10.1. The highest BCUT2D eigenvalue weighted by Crippen LogP contribution is 2.09. The Bertz CT molecular complexity index is 581. The number of methoxy groups -OCH3 is 1. The normalized spacial score (nSPS) is 9.71. The van der Waals surface area contributed by atoms with Gasteiger partial charge in [0.2, 0.25) is 5.91 Å². The third-order valence-corrected chi connectivity index (χ3v) is 3.16. The fourth-order valence-electron chi connectivity index (χ4n) is 2.01. The second kappa shape index (κ2) is 12.7. The Morgan fingerprint density at radius 3 is 2.67 bits per heavy atom. The molecule has 0 aliphatic carbocycles. The van der Waals surface area contributed by atoms with Crippen LogP contribution in [0.15, 0.2) is 36.9 Å². The number of hydrogen-bond acceptors (Lipinski definition) is 5. The van der Waals surface area contributed by atoms with Gasteiger partial charge in [-0.15, -0.1) is 24.8 Å². The van der Waals surface area contributed by atoms with E-state index in [4.69, 9.17) is 4.74 Å². The first kappa shape index (κ1) is 22.3. The Labute approximate surface area is 154 Å². The van der Waals surface area contributed by atoms with Crippen molar-refractivity contribution in [1.82, 2.24) is 25.4 Å². The van der Waals surface area contributed by atoms with Crippen LogP contribution in [0.1, 0.15) is 11.1 Å². The van der Waals surface area contributed by atoms with Crippen LogP contribution < -0.4 is 10.6 Å². The SMILES string of the molecule is COCCNCC(=O)NCc1ccccc1Cn1cncn1.Cl.Cl. The third-order valence-electron chi connectivity index (χ3n) is 3.16. The Kier molecular flexibility index (Phi) is 11.8. The van der Waals surface area contributed by atoms with Gasteiger partial charge in [0.25, 0.3) is 0 Å². The topological polar surface area (TPSA) is 81.1 Å². The number of halogens is 2. The second-order valence-electron chi connectivity index (χ2n) is 4.81. The fourth-order valence-corrected chi connectivity index (χ4v) is 2.01. The number of benzene rings is 1. The van der Waals surface area contributed by atoms with Gasteiger partial charge in [-0.3, -0.25) is 4.79 Å². The molecule has 7 nitrogen and oxygen atoms in total. The minimum absolute atomic E-state index is 0. The quantitative estimate of drug-likeness (QED) is 0.639. The maximum absolute atomic E-state index is 11.8. The number of ether oxygens (including phenoxy) is 1. The molecule has 9 heteroatoms. The van der Waals surface area contributed by atoms with Gasteiger partial charge in [0.05, 0.1) is 19.7 Å². The van der Waals surface area contributed by atoms with Crippen LogP contribution in [-0.4, -0.2) is 47.5 Å². The third kappa shape index (κ3) is 7.74. The number of nitrogens with zero attached hydrogens (tertiary/aromatic N) is 3. The Morgan fingerprint density at radius 1 is 1.25 bits per heavy atom. The van der Waals surface area contributed by atoms with E-state index in [0.29, 0.717) is 26.2 Å². The first-order valence-corrected chi connectivity index (χ1v) is 7.15. The molecule has 1 aromatic carbocycles. The molecular weight excluding hydrogens is 353 g/mol. The zero-order valence-corrected chi connectivity index (χ0v) is 15.1. The number of carbonyl (C=O) groups excluding carboxylic acids is 1. The van der Waals surface area contributed by atoms with Gasteiger partial charge in [-0.25, -0.2) is 9.67 Å². The van der Waals surface area contributed by atoms with Crippen molar-refractivity contribution in [2.24, 2.45) is 0 Å². The van der Waals surface area contributed by atoms with Gasteiger partial charge in [-0.05, 0) is 11.1 Å². The molecule has 0 aliphatic heterocycles. The van der Waals surface area contributed by atoms with E-state index in [2.05, 4.69) is 20.7 Å². The summed E-state index contributed by atoms with van der Waals surface area (Å²) in [5.74, 6) is -0.0355. The maximum Gasteiger partial charge on any atom is 0.234 e. The first-order valence-electron chi connectivity index (χ1n) is 7.15. The largest absolute Gasteiger partial charge is 0.383 e. The minimum Gasteiger partial charge on any atom is -0.383 e. The number of aromatic nitrogens is 3. The Morgan fingerprint density at radius 2 is 2.00 bits per heavy atom. The summed E-state index contributed by atoms with van der Waals surface area (Å²) in [6.45, 7) is 2.67. The number of nitrogens with one attached hydrogen (secondary N) is 2. The summed E-state index contributed by atoms with van der Waals surface area (Å²) < 4.78 is 6.67. The molecule has 0 unspecified atom stereocenters. The highest BCUT2D eigenvalue weighted by atomic mass is 35.5. The van der Waals surface area contributed by atoms with Gasteiger partial charge in [0.15, 0.2) is 0 Å². The highest BCUT2D eigenvalue weighted by Gasteiger charge is 2.05. The van der Waals surface area contributed by atoms with Crippen LogP contribution in [0.25, 0.3) is 0 Å². The molecule has 0 saturated carbocycles. The van der Waals surface area contributed by atoms with Gasteiger partial charge in [0.1, 0.15) is 12.7 Å². The van der Waals surface area contributed by atoms with Crippen LogP contribution >= 0.6 is 24.8 Å². The number of hydrogen-bond donors (Lipinski definition) is 2. The van der Waals surface area contributed by atoms with Crippen LogP contribution in [0.3, 0.4) is 0 Å². The lowest BCUT2D eigenvalue weighted by molar-refractivity contribution is -0.120. The fraction of sp³-hybridized carbons (Fsp3) is 0.400. The monoisotopic (exact) mass is 375 g/mol. The molecule has 0 radical (unpaired) electrons. The summed E-state index contributed by atoms with van der Waals surface area (Å²) in [7, 11) is 1.63. The van der Waals surface area contributed by atoms with Gasteiger partial charge < -0.3 is 15.4 Å². The molecule has 0 atom stereocenters. The standard InChI is InChI=1S/C15H21N5O2.2ClH/c1-22-7-6-16-9-15(21)18-8-13-4-2-3-5-14(13)10-20-12-17-11-19-20;;/h2-5,11-12,16H,6-10H2,1H3,(H,18,21);2*1H. The average Bonchev–Trinajstić information content (AvgIpc) is 3.04. The molecule has 0 bridgehead atoms. The summed E-state index contributed by atoms with van der Waals surface area (Å²) in [5, 5.41) is 10.0. The van der Waals surface area contributed by atoms with Crippen molar-refractivity contribution in [1.29, 1.82) is 0 Å². The van der Waals surface area contributed by atoms with E-state index >= 15 is 0 Å². The van der Waals surface area contributed by atoms with Gasteiger partial charge >= 0.3 is 0 Å². The predicted octanol–water partition coefficient (Wildman–Crippen LogP) is 1.02. The molecule has 0 fully saturated rings. The average molecular weight is 376 g/mol.